The van der Waals surface area contributed by atoms with E-state index in [1.807, 2.05) is 0 Å². The largest absolute Gasteiger partial charge is 0.389 e. The number of hydrogen-bond donors (Lipinski definition) is 1. The Morgan fingerprint density at radius 2 is 1.95 bits per heavy atom. The number of nitrogens with one attached hydrogen (secondary N) is 1. The van der Waals surface area contributed by atoms with Gasteiger partial charge in [0.1, 0.15) is 17.3 Å². The Morgan fingerprint density at radius 3 is 2.63 bits per heavy atom. The standard InChI is InChI=1S/C26H29F4N5O3/c1-33(2)23(37)10-6-4-5-9-22(36)31-19-8-7-13-35(25(19)38)16-21-32-24-17(11-12-26(28,29)30)14-18(27)15-20(24)34(21)3/h6-8,10,13-15H,4-5,9,11-12,16H2,1-3H3,(H,31,36)/b10-6+. The SMILES string of the molecule is CN(C)C(=O)/C=C/CCCC(=O)Nc1cccn(Cc2nc3c(CCC(F)(F)F)cc(F)cc3n2C)c1=O. The second-order valence-corrected chi connectivity index (χ2v) is 9.07. The molecule has 0 aliphatic carbocycles. The summed E-state index contributed by atoms with van der Waals surface area (Å²) < 4.78 is 55.2. The fraction of sp³-hybridized carbons (Fsp3) is 0.385. The molecule has 0 atom stereocenters. The number of amides is 2. The number of anilines is 1. The van der Waals surface area contributed by atoms with Gasteiger partial charge in [0, 0.05) is 40.2 Å². The summed E-state index contributed by atoms with van der Waals surface area (Å²) in [6.07, 6.45) is -0.163. The fourth-order valence-electron chi connectivity index (χ4n) is 3.81. The molecule has 3 rings (SSSR count). The van der Waals surface area contributed by atoms with Gasteiger partial charge in [-0.15, -0.1) is 0 Å². The van der Waals surface area contributed by atoms with E-state index in [1.165, 1.54) is 38.4 Å². The van der Waals surface area contributed by atoms with E-state index in [0.29, 0.717) is 24.2 Å². The molecule has 8 nitrogen and oxygen atoms in total. The summed E-state index contributed by atoms with van der Waals surface area (Å²) in [6, 6.07) is 5.27. The molecule has 0 saturated heterocycles. The van der Waals surface area contributed by atoms with E-state index in [0.717, 1.165) is 6.07 Å². The van der Waals surface area contributed by atoms with Gasteiger partial charge in [-0.3, -0.25) is 14.4 Å². The molecule has 204 valence electrons. The highest BCUT2D eigenvalue weighted by atomic mass is 19.4. The van der Waals surface area contributed by atoms with Crippen LogP contribution in [0.1, 0.15) is 37.1 Å². The van der Waals surface area contributed by atoms with Gasteiger partial charge in [-0.25, -0.2) is 9.37 Å². The van der Waals surface area contributed by atoms with Crippen LogP contribution in [-0.2, 0) is 29.6 Å². The number of carbonyl (C=O) groups is 2. The van der Waals surface area contributed by atoms with Crippen LogP contribution >= 0.6 is 0 Å². The topological polar surface area (TPSA) is 89.2 Å². The van der Waals surface area contributed by atoms with Gasteiger partial charge in [-0.05, 0) is 55.2 Å². The first-order valence-electron chi connectivity index (χ1n) is 11.9. The minimum absolute atomic E-state index is 0.0429. The Balaban J connectivity index is 1.72. The zero-order valence-electron chi connectivity index (χ0n) is 21.3. The molecule has 2 heterocycles. The van der Waals surface area contributed by atoms with Crippen LogP contribution in [0.4, 0.5) is 23.2 Å². The second kappa shape index (κ2) is 12.1. The van der Waals surface area contributed by atoms with E-state index in [9.17, 15) is 31.9 Å². The number of hydrogen-bond acceptors (Lipinski definition) is 4. The molecule has 3 aromatic rings. The van der Waals surface area contributed by atoms with E-state index in [4.69, 9.17) is 0 Å². The molecule has 2 aromatic heterocycles. The molecule has 0 fully saturated rings. The molecule has 38 heavy (non-hydrogen) atoms. The van der Waals surface area contributed by atoms with Crippen LogP contribution in [0, 0.1) is 5.82 Å². The summed E-state index contributed by atoms with van der Waals surface area (Å²) in [6.45, 7) is -0.0429. The lowest BCUT2D eigenvalue weighted by molar-refractivity contribution is -0.134. The van der Waals surface area contributed by atoms with Gasteiger partial charge >= 0.3 is 6.18 Å². The molecule has 12 heteroatoms. The number of allylic oxidation sites excluding steroid dienone is 1. The van der Waals surface area contributed by atoms with Crippen molar-refractivity contribution in [1.82, 2.24) is 19.0 Å². The number of carbonyl (C=O) groups excluding carboxylic acids is 2. The Labute approximate surface area is 216 Å². The van der Waals surface area contributed by atoms with E-state index in [1.54, 1.807) is 33.3 Å². The van der Waals surface area contributed by atoms with Crippen LogP contribution in [-0.4, -0.2) is 51.1 Å². The maximum Gasteiger partial charge on any atom is 0.389 e. The van der Waals surface area contributed by atoms with Gasteiger partial charge in [0.25, 0.3) is 5.56 Å². The van der Waals surface area contributed by atoms with Crippen molar-refractivity contribution in [3.8, 4) is 0 Å². The van der Waals surface area contributed by atoms with E-state index in [2.05, 4.69) is 10.3 Å². The van der Waals surface area contributed by atoms with Crippen LogP contribution in [0.25, 0.3) is 11.0 Å². The maximum absolute atomic E-state index is 14.1. The predicted molar refractivity (Wildman–Crippen MR) is 135 cm³/mol. The second-order valence-electron chi connectivity index (χ2n) is 9.07. The number of benzene rings is 1. The molecule has 1 aromatic carbocycles. The van der Waals surface area contributed by atoms with Crippen LogP contribution < -0.4 is 10.9 Å². The number of nitrogens with zero attached hydrogens (tertiary/aromatic N) is 4. The number of imidazole rings is 1. The lowest BCUT2D eigenvalue weighted by Crippen LogP contribution is -2.26. The Morgan fingerprint density at radius 1 is 1.21 bits per heavy atom. The molecule has 0 aliphatic heterocycles. The highest BCUT2D eigenvalue weighted by Crippen LogP contribution is 2.27. The third kappa shape index (κ3) is 7.53. The van der Waals surface area contributed by atoms with Crippen molar-refractivity contribution in [2.24, 2.45) is 7.05 Å². The zero-order chi connectivity index (χ0) is 28.0. The molecule has 0 saturated carbocycles. The van der Waals surface area contributed by atoms with E-state index < -0.39 is 30.4 Å². The van der Waals surface area contributed by atoms with Gasteiger partial charge < -0.3 is 19.4 Å². The Hall–Kier alpha value is -3.96. The number of unbranched alkanes of at least 4 members (excludes halogenated alkanes) is 1. The first-order valence-corrected chi connectivity index (χ1v) is 11.9. The molecular weight excluding hydrogens is 506 g/mol. The molecule has 0 radical (unpaired) electrons. The Bertz CT molecular complexity index is 1410. The molecule has 0 aliphatic rings. The highest BCUT2D eigenvalue weighted by molar-refractivity contribution is 5.90. The molecule has 0 unspecified atom stereocenters. The lowest BCUT2D eigenvalue weighted by atomic mass is 10.1. The summed E-state index contributed by atoms with van der Waals surface area (Å²) >= 11 is 0. The van der Waals surface area contributed by atoms with Crippen molar-refractivity contribution in [2.75, 3.05) is 19.4 Å². The summed E-state index contributed by atoms with van der Waals surface area (Å²) in [5.74, 6) is -0.850. The number of alkyl halides is 3. The van der Waals surface area contributed by atoms with E-state index >= 15 is 0 Å². The number of rotatable bonds is 10. The maximum atomic E-state index is 14.1. The summed E-state index contributed by atoms with van der Waals surface area (Å²) in [7, 11) is 4.87. The van der Waals surface area contributed by atoms with Crippen LogP contribution in [0.5, 0.6) is 0 Å². The minimum atomic E-state index is -4.39. The van der Waals surface area contributed by atoms with Gasteiger partial charge in [-0.2, -0.15) is 13.2 Å². The Kier molecular flexibility index (Phi) is 9.08. The third-order valence-electron chi connectivity index (χ3n) is 5.88. The van der Waals surface area contributed by atoms with Crippen molar-refractivity contribution < 1.29 is 27.2 Å². The highest BCUT2D eigenvalue weighted by Gasteiger charge is 2.27. The third-order valence-corrected chi connectivity index (χ3v) is 5.88. The normalized spacial score (nSPS) is 11.9. The van der Waals surface area contributed by atoms with Crippen molar-refractivity contribution in [3.05, 3.63) is 70.2 Å². The number of aryl methyl sites for hydroxylation is 2. The number of likely N-dealkylation sites (N-methyl/N-ethyl adjacent to an activating group) is 1. The quantitative estimate of drug-likeness (QED) is 0.240. The van der Waals surface area contributed by atoms with Gasteiger partial charge in [0.2, 0.25) is 11.8 Å². The van der Waals surface area contributed by atoms with Gasteiger partial charge in [0.05, 0.1) is 17.6 Å². The molecule has 0 bridgehead atoms. The smallest absolute Gasteiger partial charge is 0.345 e. The average molecular weight is 536 g/mol. The van der Waals surface area contributed by atoms with Crippen molar-refractivity contribution >= 4 is 28.5 Å². The number of fused-ring (bicyclic) bond motifs is 1. The monoisotopic (exact) mass is 535 g/mol. The predicted octanol–water partition coefficient (Wildman–Crippen LogP) is 4.17. The number of aromatic nitrogens is 3. The first-order chi connectivity index (χ1) is 17.9. The number of halogens is 4. The first kappa shape index (κ1) is 28.6. The van der Waals surface area contributed by atoms with Crippen molar-refractivity contribution in [1.29, 1.82) is 0 Å². The van der Waals surface area contributed by atoms with E-state index in [-0.39, 0.29) is 41.5 Å². The van der Waals surface area contributed by atoms with Crippen LogP contribution in [0.2, 0.25) is 0 Å². The van der Waals surface area contributed by atoms with Crippen molar-refractivity contribution in [3.63, 3.8) is 0 Å². The van der Waals surface area contributed by atoms with Gasteiger partial charge in [-0.1, -0.05) is 6.08 Å². The summed E-state index contributed by atoms with van der Waals surface area (Å²) in [4.78, 5) is 42.6. The molecule has 2 amide bonds. The van der Waals surface area contributed by atoms with Crippen LogP contribution in [0.15, 0.2) is 47.4 Å². The van der Waals surface area contributed by atoms with Crippen molar-refractivity contribution in [2.45, 2.75) is 44.8 Å². The average Bonchev–Trinajstić information content (AvgIpc) is 3.14. The molecule has 1 N–H and O–H groups in total. The minimum Gasteiger partial charge on any atom is -0.345 e. The summed E-state index contributed by atoms with van der Waals surface area (Å²) in [5.41, 5.74) is 0.260. The fourth-order valence-corrected chi connectivity index (χ4v) is 3.81. The molecule has 0 spiro atoms. The molecular formula is C26H29F4N5O3. The number of pyridine rings is 1. The van der Waals surface area contributed by atoms with Gasteiger partial charge in [0.15, 0.2) is 0 Å². The zero-order valence-corrected chi connectivity index (χ0v) is 21.3. The lowest BCUT2D eigenvalue weighted by Gasteiger charge is -2.09. The summed E-state index contributed by atoms with van der Waals surface area (Å²) in [5, 5.41) is 2.59. The van der Waals surface area contributed by atoms with Crippen LogP contribution in [0.3, 0.4) is 0 Å².